The minimum absolute atomic E-state index is 0.282. The lowest BCUT2D eigenvalue weighted by Crippen LogP contribution is -2.48. The molecule has 0 saturated heterocycles. The SMILES string of the molecule is COC(=O)C(C)(NCC(C)C)c1ccccc1Br. The summed E-state index contributed by atoms with van der Waals surface area (Å²) in [5.41, 5.74) is 0.0524. The Morgan fingerprint density at radius 3 is 2.56 bits per heavy atom. The van der Waals surface area contributed by atoms with Crippen LogP contribution in [-0.2, 0) is 15.1 Å². The van der Waals surface area contributed by atoms with Crippen LogP contribution in [0.5, 0.6) is 0 Å². The van der Waals surface area contributed by atoms with Gasteiger partial charge in [0, 0.05) is 4.47 Å². The van der Waals surface area contributed by atoms with Crippen molar-refractivity contribution in [1.82, 2.24) is 5.32 Å². The van der Waals surface area contributed by atoms with Crippen molar-refractivity contribution in [2.75, 3.05) is 13.7 Å². The molecule has 0 saturated carbocycles. The van der Waals surface area contributed by atoms with E-state index in [-0.39, 0.29) is 5.97 Å². The molecule has 18 heavy (non-hydrogen) atoms. The third kappa shape index (κ3) is 3.33. The maximum absolute atomic E-state index is 12.1. The minimum atomic E-state index is -0.834. The topological polar surface area (TPSA) is 38.3 Å². The number of halogens is 1. The number of hydrogen-bond acceptors (Lipinski definition) is 3. The Balaban J connectivity index is 3.12. The van der Waals surface area contributed by atoms with Crippen LogP contribution in [0.1, 0.15) is 26.3 Å². The van der Waals surface area contributed by atoms with Crippen molar-refractivity contribution in [2.45, 2.75) is 26.3 Å². The van der Waals surface area contributed by atoms with E-state index in [1.54, 1.807) is 0 Å². The molecule has 1 aromatic carbocycles. The van der Waals surface area contributed by atoms with Crippen LogP contribution in [0.25, 0.3) is 0 Å². The van der Waals surface area contributed by atoms with Gasteiger partial charge in [0.1, 0.15) is 5.54 Å². The summed E-state index contributed by atoms with van der Waals surface area (Å²) in [5.74, 6) is 0.173. The molecule has 0 spiro atoms. The molecular formula is C14H20BrNO2. The van der Waals surface area contributed by atoms with Gasteiger partial charge in [-0.1, -0.05) is 48.0 Å². The van der Waals surface area contributed by atoms with Crippen LogP contribution in [0.15, 0.2) is 28.7 Å². The van der Waals surface area contributed by atoms with Gasteiger partial charge in [0.15, 0.2) is 0 Å². The summed E-state index contributed by atoms with van der Waals surface area (Å²) in [5, 5.41) is 3.30. The molecule has 0 amide bonds. The number of carbonyl (C=O) groups excluding carboxylic acids is 1. The van der Waals surface area contributed by atoms with Gasteiger partial charge in [-0.15, -0.1) is 0 Å². The maximum atomic E-state index is 12.1. The summed E-state index contributed by atoms with van der Waals surface area (Å²) >= 11 is 3.49. The first-order valence-electron chi connectivity index (χ1n) is 6.00. The zero-order valence-corrected chi connectivity index (χ0v) is 12.9. The zero-order chi connectivity index (χ0) is 13.8. The molecule has 0 heterocycles. The quantitative estimate of drug-likeness (QED) is 0.849. The van der Waals surface area contributed by atoms with Crippen LogP contribution in [-0.4, -0.2) is 19.6 Å². The van der Waals surface area contributed by atoms with Gasteiger partial charge in [0.05, 0.1) is 7.11 Å². The van der Waals surface area contributed by atoms with E-state index in [0.29, 0.717) is 5.92 Å². The van der Waals surface area contributed by atoms with Gasteiger partial charge in [-0.3, -0.25) is 5.32 Å². The van der Waals surface area contributed by atoms with Crippen LogP contribution >= 0.6 is 15.9 Å². The fourth-order valence-corrected chi connectivity index (χ4v) is 2.44. The number of benzene rings is 1. The smallest absolute Gasteiger partial charge is 0.330 e. The Labute approximate surface area is 117 Å². The molecule has 1 atom stereocenters. The Morgan fingerprint density at radius 2 is 2.06 bits per heavy atom. The van der Waals surface area contributed by atoms with E-state index in [1.165, 1.54) is 7.11 Å². The Kier molecular flexibility index (Phi) is 5.35. The monoisotopic (exact) mass is 313 g/mol. The third-order valence-electron chi connectivity index (χ3n) is 2.87. The second-order valence-electron chi connectivity index (χ2n) is 4.87. The molecule has 0 aliphatic rings. The van der Waals surface area contributed by atoms with E-state index >= 15 is 0 Å². The molecule has 0 fully saturated rings. The number of carbonyl (C=O) groups is 1. The molecule has 100 valence electrons. The van der Waals surface area contributed by atoms with Gasteiger partial charge in [0.2, 0.25) is 0 Å². The number of hydrogen-bond donors (Lipinski definition) is 1. The van der Waals surface area contributed by atoms with Crippen molar-refractivity contribution < 1.29 is 9.53 Å². The second kappa shape index (κ2) is 6.34. The molecule has 1 unspecified atom stereocenters. The standard InChI is InChI=1S/C14H20BrNO2/c1-10(2)9-16-14(3,13(17)18-4)11-7-5-6-8-12(11)15/h5-8,10,16H,9H2,1-4H3. The van der Waals surface area contributed by atoms with Crippen LogP contribution in [0, 0.1) is 5.92 Å². The van der Waals surface area contributed by atoms with Gasteiger partial charge < -0.3 is 4.74 Å². The second-order valence-corrected chi connectivity index (χ2v) is 5.73. The van der Waals surface area contributed by atoms with E-state index in [2.05, 4.69) is 35.1 Å². The van der Waals surface area contributed by atoms with E-state index in [1.807, 2.05) is 31.2 Å². The lowest BCUT2D eigenvalue weighted by molar-refractivity contribution is -0.148. The molecule has 1 N–H and O–H groups in total. The molecular weight excluding hydrogens is 294 g/mol. The maximum Gasteiger partial charge on any atom is 0.330 e. The summed E-state index contributed by atoms with van der Waals surface area (Å²) < 4.78 is 5.83. The van der Waals surface area contributed by atoms with Crippen molar-refractivity contribution in [3.63, 3.8) is 0 Å². The van der Waals surface area contributed by atoms with Crippen molar-refractivity contribution >= 4 is 21.9 Å². The van der Waals surface area contributed by atoms with Crippen molar-refractivity contribution in [3.05, 3.63) is 34.3 Å². The summed E-state index contributed by atoms with van der Waals surface area (Å²) in [7, 11) is 1.41. The fraction of sp³-hybridized carbons (Fsp3) is 0.500. The number of esters is 1. The highest BCUT2D eigenvalue weighted by Crippen LogP contribution is 2.29. The molecule has 1 aromatic rings. The molecule has 0 radical (unpaired) electrons. The average molecular weight is 314 g/mol. The van der Waals surface area contributed by atoms with Gasteiger partial charge in [-0.05, 0) is 31.0 Å². The number of methoxy groups -OCH3 is 1. The van der Waals surface area contributed by atoms with Crippen molar-refractivity contribution in [2.24, 2.45) is 5.92 Å². The normalized spacial score (nSPS) is 14.3. The summed E-state index contributed by atoms with van der Waals surface area (Å²) in [4.78, 5) is 12.1. The Hall–Kier alpha value is -0.870. The van der Waals surface area contributed by atoms with Crippen LogP contribution in [0.4, 0.5) is 0 Å². The lowest BCUT2D eigenvalue weighted by Gasteiger charge is -2.30. The summed E-state index contributed by atoms with van der Waals surface area (Å²) in [6, 6.07) is 7.69. The zero-order valence-electron chi connectivity index (χ0n) is 11.3. The first-order valence-corrected chi connectivity index (χ1v) is 6.79. The van der Waals surface area contributed by atoms with Gasteiger partial charge in [-0.25, -0.2) is 4.79 Å². The lowest BCUT2D eigenvalue weighted by atomic mass is 9.91. The van der Waals surface area contributed by atoms with Gasteiger partial charge in [-0.2, -0.15) is 0 Å². The molecule has 4 heteroatoms. The highest BCUT2D eigenvalue weighted by molar-refractivity contribution is 9.10. The van der Waals surface area contributed by atoms with Crippen LogP contribution in [0.3, 0.4) is 0 Å². The molecule has 0 bridgehead atoms. The predicted octanol–water partition coefficient (Wildman–Crippen LogP) is 3.08. The summed E-state index contributed by atoms with van der Waals surface area (Å²) in [6.07, 6.45) is 0. The number of rotatable bonds is 5. The van der Waals surface area contributed by atoms with Crippen molar-refractivity contribution in [3.8, 4) is 0 Å². The minimum Gasteiger partial charge on any atom is -0.467 e. The fourth-order valence-electron chi connectivity index (χ4n) is 1.76. The number of nitrogens with one attached hydrogen (secondary N) is 1. The van der Waals surface area contributed by atoms with Crippen molar-refractivity contribution in [1.29, 1.82) is 0 Å². The van der Waals surface area contributed by atoms with E-state index in [4.69, 9.17) is 4.74 Å². The molecule has 3 nitrogen and oxygen atoms in total. The first kappa shape index (κ1) is 15.2. The largest absolute Gasteiger partial charge is 0.467 e. The molecule has 0 aliphatic heterocycles. The van der Waals surface area contributed by atoms with E-state index in [0.717, 1.165) is 16.6 Å². The summed E-state index contributed by atoms with van der Waals surface area (Å²) in [6.45, 7) is 6.80. The number of ether oxygens (including phenoxy) is 1. The third-order valence-corrected chi connectivity index (χ3v) is 3.56. The highest BCUT2D eigenvalue weighted by Gasteiger charge is 2.37. The van der Waals surface area contributed by atoms with Gasteiger partial charge in [0.25, 0.3) is 0 Å². The predicted molar refractivity (Wildman–Crippen MR) is 76.4 cm³/mol. The Bertz CT molecular complexity index is 420. The molecule has 1 rings (SSSR count). The van der Waals surface area contributed by atoms with E-state index < -0.39 is 5.54 Å². The van der Waals surface area contributed by atoms with Crippen LogP contribution < -0.4 is 5.32 Å². The van der Waals surface area contributed by atoms with E-state index in [9.17, 15) is 4.79 Å². The molecule has 0 aromatic heterocycles. The van der Waals surface area contributed by atoms with Gasteiger partial charge >= 0.3 is 5.97 Å². The first-order chi connectivity index (χ1) is 8.41. The average Bonchev–Trinajstić information content (AvgIpc) is 2.35. The molecule has 0 aliphatic carbocycles. The van der Waals surface area contributed by atoms with Crippen LogP contribution in [0.2, 0.25) is 0 Å². The highest BCUT2D eigenvalue weighted by atomic mass is 79.9. The Morgan fingerprint density at radius 1 is 1.44 bits per heavy atom.